The quantitative estimate of drug-likeness (QED) is 0.144. The third-order valence-electron chi connectivity index (χ3n) is 12.1. The summed E-state index contributed by atoms with van der Waals surface area (Å²) in [6.07, 6.45) is 10.1. The van der Waals surface area contributed by atoms with Crippen molar-refractivity contribution in [1.29, 1.82) is 0 Å². The van der Waals surface area contributed by atoms with Gasteiger partial charge in [0, 0.05) is 61.2 Å². The van der Waals surface area contributed by atoms with Crippen molar-refractivity contribution in [2.75, 3.05) is 0 Å². The molecule has 16 heteroatoms. The second-order valence-corrected chi connectivity index (χ2v) is 17.3. The van der Waals surface area contributed by atoms with Gasteiger partial charge in [0.05, 0.1) is 0 Å². The van der Waals surface area contributed by atoms with Gasteiger partial charge in [0.2, 0.25) is 0 Å². The van der Waals surface area contributed by atoms with Crippen LogP contribution in [0.2, 0.25) is 0 Å². The average Bonchev–Trinajstić information content (AvgIpc) is 4.15. The third-order valence-corrected chi connectivity index (χ3v) is 12.1. The van der Waals surface area contributed by atoms with Crippen LogP contribution in [0.4, 0.5) is 4.39 Å². The molecule has 15 nitrogen and oxygen atoms in total. The van der Waals surface area contributed by atoms with E-state index in [2.05, 4.69) is 83.7 Å². The predicted octanol–water partition coefficient (Wildman–Crippen LogP) is 9.32. The van der Waals surface area contributed by atoms with Crippen LogP contribution in [0, 0.1) is 40.4 Å². The first-order valence-corrected chi connectivity index (χ1v) is 22.8. The molecule has 0 N–H and O–H groups in total. The zero-order valence-corrected chi connectivity index (χ0v) is 38.8. The Hall–Kier alpha value is -6.71. The molecule has 0 spiro atoms. The Morgan fingerprint density at radius 2 is 0.831 bits per heavy atom. The Morgan fingerprint density at radius 1 is 0.431 bits per heavy atom. The highest BCUT2D eigenvalue weighted by molar-refractivity contribution is 5.54. The van der Waals surface area contributed by atoms with E-state index >= 15 is 0 Å². The van der Waals surface area contributed by atoms with E-state index in [-0.39, 0.29) is 5.82 Å². The first-order chi connectivity index (χ1) is 31.5. The molecular formula is C49H60FN15. The van der Waals surface area contributed by atoms with Gasteiger partial charge in [-0.1, -0.05) is 48.5 Å². The minimum atomic E-state index is -0.220. The van der Waals surface area contributed by atoms with E-state index in [1.807, 2.05) is 106 Å². The van der Waals surface area contributed by atoms with Gasteiger partial charge in [-0.15, -0.1) is 51.0 Å². The first kappa shape index (κ1) is 44.9. The van der Waals surface area contributed by atoms with Crippen LogP contribution in [0.25, 0.3) is 22.8 Å². The van der Waals surface area contributed by atoms with E-state index in [4.69, 9.17) is 0 Å². The summed E-state index contributed by atoms with van der Waals surface area (Å²) in [4.78, 5) is 0. The van der Waals surface area contributed by atoms with Crippen molar-refractivity contribution in [3.05, 3.63) is 143 Å². The Balaban J connectivity index is 0.000000112. The van der Waals surface area contributed by atoms with Crippen LogP contribution in [-0.4, -0.2) is 73.8 Å². The highest BCUT2D eigenvalue weighted by atomic mass is 19.1. The Morgan fingerprint density at radius 3 is 1.29 bits per heavy atom. The van der Waals surface area contributed by atoms with Gasteiger partial charge in [-0.25, -0.2) is 4.39 Å². The van der Waals surface area contributed by atoms with Crippen molar-refractivity contribution in [2.45, 2.75) is 123 Å². The molecule has 8 aromatic rings. The average molecular weight is 878 g/mol. The van der Waals surface area contributed by atoms with Crippen molar-refractivity contribution in [1.82, 2.24) is 73.8 Å². The largest absolute Gasteiger partial charge is 0.318 e. The summed E-state index contributed by atoms with van der Waals surface area (Å²) in [5.41, 5.74) is 3.21. The molecule has 4 fully saturated rings. The van der Waals surface area contributed by atoms with E-state index in [1.54, 1.807) is 12.1 Å². The number of benzene rings is 3. The molecule has 338 valence electrons. The van der Waals surface area contributed by atoms with Crippen molar-refractivity contribution < 1.29 is 4.39 Å². The van der Waals surface area contributed by atoms with Gasteiger partial charge in [0.1, 0.15) is 58.2 Å². The summed E-state index contributed by atoms with van der Waals surface area (Å²) in [5.74, 6) is 12.6. The molecule has 5 aromatic heterocycles. The SMILES string of the molecule is CCn1c(C)nnc1C1CC1.Cc1nnc(-c2ccccc2)n1C.Cc1nnc(C2CC2)n1-c1ccc(F)cc1.Cc1nnc(C2CC2)n1-c1ccccc1.Cc1nnc(C2CC2)n1C. The number of aryl methyl sites for hydroxylation is 5. The Labute approximate surface area is 380 Å². The van der Waals surface area contributed by atoms with Crippen molar-refractivity contribution in [2.24, 2.45) is 14.1 Å². The van der Waals surface area contributed by atoms with E-state index < -0.39 is 0 Å². The lowest BCUT2D eigenvalue weighted by Crippen LogP contribution is -2.01. The number of para-hydroxylation sites is 1. The lowest BCUT2D eigenvalue weighted by Gasteiger charge is -2.07. The van der Waals surface area contributed by atoms with Crippen molar-refractivity contribution in [3.63, 3.8) is 0 Å². The van der Waals surface area contributed by atoms with E-state index in [9.17, 15) is 4.39 Å². The lowest BCUT2D eigenvalue weighted by atomic mass is 10.2. The summed E-state index contributed by atoms with van der Waals surface area (Å²) in [6.45, 7) is 13.0. The topological polar surface area (TPSA) is 154 Å². The molecule has 0 amide bonds. The van der Waals surface area contributed by atoms with E-state index in [0.717, 1.165) is 76.1 Å². The van der Waals surface area contributed by atoms with Crippen LogP contribution in [0.3, 0.4) is 0 Å². The molecule has 12 rings (SSSR count). The van der Waals surface area contributed by atoms with Crippen LogP contribution in [0.1, 0.15) is 134 Å². The molecular weight excluding hydrogens is 818 g/mol. The van der Waals surface area contributed by atoms with Crippen LogP contribution < -0.4 is 0 Å². The van der Waals surface area contributed by atoms with Crippen molar-refractivity contribution in [3.8, 4) is 22.8 Å². The third kappa shape index (κ3) is 11.0. The maximum Gasteiger partial charge on any atom is 0.163 e. The fourth-order valence-electron chi connectivity index (χ4n) is 7.57. The van der Waals surface area contributed by atoms with Gasteiger partial charge in [-0.05, 0) is 129 Å². The molecule has 5 heterocycles. The van der Waals surface area contributed by atoms with E-state index in [1.165, 1.54) is 75.0 Å². The molecule has 0 atom stereocenters. The minimum absolute atomic E-state index is 0.220. The first-order valence-electron chi connectivity index (χ1n) is 22.8. The smallest absolute Gasteiger partial charge is 0.163 e. The zero-order valence-electron chi connectivity index (χ0n) is 38.8. The molecule has 4 aliphatic rings. The summed E-state index contributed by atoms with van der Waals surface area (Å²) >= 11 is 0. The number of hydrogen-bond donors (Lipinski definition) is 0. The number of nitrogens with zero attached hydrogens (tertiary/aromatic N) is 15. The van der Waals surface area contributed by atoms with Gasteiger partial charge in [-0.3, -0.25) is 9.13 Å². The fraction of sp³-hybridized carbons (Fsp3) is 0.429. The molecule has 4 aliphatic carbocycles. The van der Waals surface area contributed by atoms with Crippen LogP contribution in [0.15, 0.2) is 84.9 Å². The molecule has 0 aliphatic heterocycles. The van der Waals surface area contributed by atoms with Crippen LogP contribution in [0.5, 0.6) is 0 Å². The summed E-state index contributed by atoms with van der Waals surface area (Å²) in [6, 6.07) is 26.8. The van der Waals surface area contributed by atoms with Gasteiger partial charge < -0.3 is 13.7 Å². The molecule has 0 radical (unpaired) electrons. The highest BCUT2D eigenvalue weighted by Gasteiger charge is 2.32. The van der Waals surface area contributed by atoms with Gasteiger partial charge >= 0.3 is 0 Å². The number of aromatic nitrogens is 15. The summed E-state index contributed by atoms with van der Waals surface area (Å²) in [5, 5.41) is 41.1. The molecule has 0 saturated heterocycles. The molecule has 0 unspecified atom stereocenters. The molecule has 0 bridgehead atoms. The van der Waals surface area contributed by atoms with Gasteiger partial charge in [0.25, 0.3) is 0 Å². The second kappa shape index (κ2) is 20.0. The van der Waals surface area contributed by atoms with Gasteiger partial charge in [-0.2, -0.15) is 0 Å². The number of halogens is 1. The maximum absolute atomic E-state index is 12.9. The Kier molecular flexibility index (Phi) is 13.8. The standard InChI is InChI=1S/C12H12FN3.C12H13N3.C10H11N3.C8H13N3.C7H11N3/c1-8-14-15-12(9-2-3-9)16(8)11-6-4-10(13)5-7-11;1-9-13-14-12(10-7-8-10)15(9)11-5-3-2-4-6-11;1-8-11-12-10(13(8)2)9-6-4-3-5-7-9;1-3-11-6(2)9-10-8(11)7-4-5-7;1-5-8-9-7(10(5)2)6-3-4-6/h4-7,9H,2-3H2,1H3;2-6,10H,7-8H2,1H3;3-7H,1-2H3;7H,3-5H2,1-2H3;6H,3-4H2,1-2H3. The zero-order chi connectivity index (χ0) is 45.6. The van der Waals surface area contributed by atoms with Crippen molar-refractivity contribution >= 4 is 0 Å². The van der Waals surface area contributed by atoms with Crippen LogP contribution in [-0.2, 0) is 20.6 Å². The highest BCUT2D eigenvalue weighted by Crippen LogP contribution is 2.41. The van der Waals surface area contributed by atoms with Crippen LogP contribution >= 0.6 is 0 Å². The maximum atomic E-state index is 12.9. The minimum Gasteiger partial charge on any atom is -0.318 e. The summed E-state index contributed by atoms with van der Waals surface area (Å²) in [7, 11) is 4.00. The molecule has 4 saturated carbocycles. The van der Waals surface area contributed by atoms with Gasteiger partial charge in [0.15, 0.2) is 5.82 Å². The lowest BCUT2D eigenvalue weighted by molar-refractivity contribution is 0.627. The monoisotopic (exact) mass is 878 g/mol. The molecule has 3 aromatic carbocycles. The number of rotatable bonds is 8. The summed E-state index contributed by atoms with van der Waals surface area (Å²) < 4.78 is 23.3. The van der Waals surface area contributed by atoms with E-state index in [0.29, 0.717) is 17.8 Å². The predicted molar refractivity (Wildman–Crippen MR) is 247 cm³/mol. The molecule has 65 heavy (non-hydrogen) atoms. The second-order valence-electron chi connectivity index (χ2n) is 17.3. The fourth-order valence-corrected chi connectivity index (χ4v) is 7.57. The normalized spacial score (nSPS) is 15.1. The Bertz CT molecular complexity index is 2760. The number of hydrogen-bond acceptors (Lipinski definition) is 10.